The van der Waals surface area contributed by atoms with Crippen LogP contribution in [0.3, 0.4) is 0 Å². The van der Waals surface area contributed by atoms with Gasteiger partial charge in [-0.2, -0.15) is 0 Å². The number of carboxylic acids is 1. The standard InChI is InChI=1S/C14H18N2O3/c1-9-5-3-6-10(2)16(9)13(17)12-11(14(18)19)7-4-8-15-12/h4,7-10H,3,5-6H2,1-2H3,(H,18,19)/t9-,10+. The van der Waals surface area contributed by atoms with Crippen molar-refractivity contribution < 1.29 is 14.7 Å². The lowest BCUT2D eigenvalue weighted by molar-refractivity contribution is 0.0494. The molecule has 102 valence electrons. The molecule has 0 spiro atoms. The Bertz CT molecular complexity index is 491. The molecule has 1 fully saturated rings. The van der Waals surface area contributed by atoms with Gasteiger partial charge in [0, 0.05) is 18.3 Å². The fourth-order valence-electron chi connectivity index (χ4n) is 2.69. The second-order valence-corrected chi connectivity index (χ2v) is 5.05. The van der Waals surface area contributed by atoms with Gasteiger partial charge in [0.15, 0.2) is 0 Å². The molecule has 5 heteroatoms. The highest BCUT2D eigenvalue weighted by molar-refractivity contribution is 6.03. The number of pyridine rings is 1. The van der Waals surface area contributed by atoms with E-state index in [0.29, 0.717) is 0 Å². The van der Waals surface area contributed by atoms with Crippen molar-refractivity contribution in [3.05, 3.63) is 29.6 Å². The van der Waals surface area contributed by atoms with Gasteiger partial charge in [0.2, 0.25) is 0 Å². The Hall–Kier alpha value is -1.91. The molecule has 1 aliphatic heterocycles. The van der Waals surface area contributed by atoms with Gasteiger partial charge in [0.1, 0.15) is 5.69 Å². The second kappa shape index (κ2) is 5.38. The third-order valence-corrected chi connectivity index (χ3v) is 3.67. The van der Waals surface area contributed by atoms with Gasteiger partial charge in [-0.15, -0.1) is 0 Å². The molecule has 2 heterocycles. The number of piperidine rings is 1. The summed E-state index contributed by atoms with van der Waals surface area (Å²) in [5.41, 5.74) is 0.00748. The summed E-state index contributed by atoms with van der Waals surface area (Å²) in [7, 11) is 0. The first kappa shape index (κ1) is 13.5. The zero-order valence-corrected chi connectivity index (χ0v) is 11.2. The minimum absolute atomic E-state index is 0.0301. The van der Waals surface area contributed by atoms with Gasteiger partial charge >= 0.3 is 5.97 Å². The molecule has 0 aliphatic carbocycles. The molecule has 1 N–H and O–H groups in total. The van der Waals surface area contributed by atoms with Crippen LogP contribution in [0.25, 0.3) is 0 Å². The van der Waals surface area contributed by atoms with Crippen LogP contribution in [0.5, 0.6) is 0 Å². The monoisotopic (exact) mass is 262 g/mol. The Morgan fingerprint density at radius 2 is 1.95 bits per heavy atom. The lowest BCUT2D eigenvalue weighted by Gasteiger charge is -2.39. The van der Waals surface area contributed by atoms with Gasteiger partial charge in [0.05, 0.1) is 5.56 Å². The zero-order chi connectivity index (χ0) is 14.0. The van der Waals surface area contributed by atoms with Gasteiger partial charge in [-0.3, -0.25) is 9.78 Å². The third kappa shape index (κ3) is 2.59. The number of hydrogen-bond acceptors (Lipinski definition) is 3. The highest BCUT2D eigenvalue weighted by Gasteiger charge is 2.32. The van der Waals surface area contributed by atoms with Gasteiger partial charge in [-0.25, -0.2) is 4.79 Å². The molecular weight excluding hydrogens is 244 g/mol. The molecule has 0 radical (unpaired) electrons. The number of rotatable bonds is 2. The van der Waals surface area contributed by atoms with Crippen LogP contribution < -0.4 is 0 Å². The third-order valence-electron chi connectivity index (χ3n) is 3.67. The SMILES string of the molecule is C[C@@H]1CCC[C@H](C)N1C(=O)c1ncccc1C(=O)O. The van der Waals surface area contributed by atoms with Crippen molar-refractivity contribution in [1.29, 1.82) is 0 Å². The highest BCUT2D eigenvalue weighted by atomic mass is 16.4. The number of carbonyl (C=O) groups is 2. The van der Waals surface area contributed by atoms with E-state index in [2.05, 4.69) is 4.98 Å². The first-order valence-electron chi connectivity index (χ1n) is 6.53. The minimum atomic E-state index is -1.12. The van der Waals surface area contributed by atoms with Crippen LogP contribution in [-0.4, -0.2) is 39.0 Å². The number of hydrogen-bond donors (Lipinski definition) is 1. The van der Waals surface area contributed by atoms with E-state index in [1.807, 2.05) is 13.8 Å². The van der Waals surface area contributed by atoms with Crippen molar-refractivity contribution in [3.8, 4) is 0 Å². The number of amides is 1. The van der Waals surface area contributed by atoms with E-state index in [4.69, 9.17) is 5.11 Å². The predicted molar refractivity (Wildman–Crippen MR) is 70.1 cm³/mol. The summed E-state index contributed by atoms with van der Waals surface area (Å²) >= 11 is 0. The molecule has 0 bridgehead atoms. The number of carbonyl (C=O) groups excluding carboxylic acids is 1. The van der Waals surface area contributed by atoms with Crippen molar-refractivity contribution in [1.82, 2.24) is 9.88 Å². The summed E-state index contributed by atoms with van der Waals surface area (Å²) in [4.78, 5) is 29.4. The molecule has 1 aliphatic rings. The molecule has 5 nitrogen and oxygen atoms in total. The molecule has 0 unspecified atom stereocenters. The summed E-state index contributed by atoms with van der Waals surface area (Å²) < 4.78 is 0. The fraction of sp³-hybridized carbons (Fsp3) is 0.500. The first-order valence-corrected chi connectivity index (χ1v) is 6.53. The predicted octanol–water partition coefficient (Wildman–Crippen LogP) is 2.18. The molecule has 0 saturated carbocycles. The number of aromatic nitrogens is 1. The van der Waals surface area contributed by atoms with E-state index in [-0.39, 0.29) is 29.2 Å². The average molecular weight is 262 g/mol. The normalized spacial score (nSPS) is 23.2. The number of likely N-dealkylation sites (tertiary alicyclic amines) is 1. The van der Waals surface area contributed by atoms with Gasteiger partial charge in [-0.05, 0) is 45.2 Å². The summed E-state index contributed by atoms with van der Waals surface area (Å²) in [5, 5.41) is 9.13. The maximum atomic E-state index is 12.5. The van der Waals surface area contributed by atoms with Crippen molar-refractivity contribution in [2.45, 2.75) is 45.2 Å². The number of carboxylic acid groups (broad SMARTS) is 1. The van der Waals surface area contributed by atoms with E-state index in [1.165, 1.54) is 18.3 Å². The van der Waals surface area contributed by atoms with Crippen LogP contribution in [0, 0.1) is 0 Å². The van der Waals surface area contributed by atoms with Gasteiger partial charge in [0.25, 0.3) is 5.91 Å². The van der Waals surface area contributed by atoms with Crippen LogP contribution in [0.1, 0.15) is 54.0 Å². The maximum Gasteiger partial charge on any atom is 0.338 e. The molecule has 2 rings (SSSR count). The molecule has 19 heavy (non-hydrogen) atoms. The van der Waals surface area contributed by atoms with Gasteiger partial charge in [-0.1, -0.05) is 0 Å². The second-order valence-electron chi connectivity index (χ2n) is 5.05. The largest absolute Gasteiger partial charge is 0.478 e. The quantitative estimate of drug-likeness (QED) is 0.886. The summed E-state index contributed by atoms with van der Waals surface area (Å²) in [5.74, 6) is -1.40. The van der Waals surface area contributed by atoms with Crippen LogP contribution >= 0.6 is 0 Å². The van der Waals surface area contributed by atoms with Crippen molar-refractivity contribution >= 4 is 11.9 Å². The summed E-state index contributed by atoms with van der Waals surface area (Å²) in [6.45, 7) is 3.99. The molecule has 0 aromatic carbocycles. The lowest BCUT2D eigenvalue weighted by atomic mass is 9.96. The molecule has 2 atom stereocenters. The highest BCUT2D eigenvalue weighted by Crippen LogP contribution is 2.24. The Kier molecular flexibility index (Phi) is 3.83. The lowest BCUT2D eigenvalue weighted by Crippen LogP contribution is -2.48. The Labute approximate surface area is 112 Å². The van der Waals surface area contributed by atoms with E-state index < -0.39 is 5.97 Å². The van der Waals surface area contributed by atoms with Crippen LogP contribution in [0.15, 0.2) is 18.3 Å². The van der Waals surface area contributed by atoms with Gasteiger partial charge < -0.3 is 10.0 Å². The fourth-order valence-corrected chi connectivity index (χ4v) is 2.69. The zero-order valence-electron chi connectivity index (χ0n) is 11.2. The van der Waals surface area contributed by atoms with E-state index in [0.717, 1.165) is 19.3 Å². The van der Waals surface area contributed by atoms with E-state index >= 15 is 0 Å². The maximum absolute atomic E-state index is 12.5. The summed E-state index contributed by atoms with van der Waals surface area (Å²) in [6.07, 6.45) is 4.45. The minimum Gasteiger partial charge on any atom is -0.478 e. The Morgan fingerprint density at radius 3 is 2.53 bits per heavy atom. The number of aromatic carboxylic acids is 1. The van der Waals surface area contributed by atoms with Crippen LogP contribution in [0.4, 0.5) is 0 Å². The smallest absolute Gasteiger partial charge is 0.338 e. The first-order chi connectivity index (χ1) is 9.02. The molecule has 1 saturated heterocycles. The topological polar surface area (TPSA) is 70.5 Å². The Morgan fingerprint density at radius 1 is 1.32 bits per heavy atom. The average Bonchev–Trinajstić information content (AvgIpc) is 2.38. The summed E-state index contributed by atoms with van der Waals surface area (Å²) in [6, 6.07) is 3.20. The van der Waals surface area contributed by atoms with Crippen LogP contribution in [-0.2, 0) is 0 Å². The van der Waals surface area contributed by atoms with Crippen molar-refractivity contribution in [3.63, 3.8) is 0 Å². The Balaban J connectivity index is 2.36. The van der Waals surface area contributed by atoms with Crippen molar-refractivity contribution in [2.75, 3.05) is 0 Å². The van der Waals surface area contributed by atoms with E-state index in [9.17, 15) is 9.59 Å². The van der Waals surface area contributed by atoms with Crippen LogP contribution in [0.2, 0.25) is 0 Å². The molecule has 1 aromatic heterocycles. The number of nitrogens with zero attached hydrogens (tertiary/aromatic N) is 2. The van der Waals surface area contributed by atoms with Crippen molar-refractivity contribution in [2.24, 2.45) is 0 Å². The molecule has 1 aromatic rings. The van der Waals surface area contributed by atoms with E-state index in [1.54, 1.807) is 4.90 Å². The molecule has 1 amide bonds. The molecular formula is C14H18N2O3.